The molecule has 0 bridgehead atoms. The van der Waals surface area contributed by atoms with Crippen molar-refractivity contribution in [1.29, 1.82) is 0 Å². The summed E-state index contributed by atoms with van der Waals surface area (Å²) >= 11 is 0. The molecule has 1 aromatic heterocycles. The Morgan fingerprint density at radius 3 is 3.20 bits per heavy atom. The second-order valence-corrected chi connectivity index (χ2v) is 4.62. The van der Waals surface area contributed by atoms with Crippen LogP contribution in [0.1, 0.15) is 0 Å². The highest BCUT2D eigenvalue weighted by Gasteiger charge is 2.25. The Balaban J connectivity index is 1.97. The molecule has 3 rings (SSSR count). The Bertz CT molecular complexity index is 641. The number of hydrogen-bond donors (Lipinski definition) is 2. The number of aromatic nitrogens is 2. The molecular weight excluding hydrogens is 264 g/mol. The SMILES string of the molecule is O=[N+]([O-])c1ccc2nc(N3CCOCC3CO)[nH]c2c1. The lowest BCUT2D eigenvalue weighted by Gasteiger charge is -2.34. The average Bonchev–Trinajstić information content (AvgIpc) is 2.89. The van der Waals surface area contributed by atoms with Crippen molar-refractivity contribution in [2.24, 2.45) is 0 Å². The van der Waals surface area contributed by atoms with Gasteiger partial charge < -0.3 is 19.7 Å². The maximum atomic E-state index is 10.8. The number of aliphatic hydroxyl groups is 1. The quantitative estimate of drug-likeness (QED) is 0.631. The van der Waals surface area contributed by atoms with Gasteiger partial charge in [-0.2, -0.15) is 0 Å². The van der Waals surface area contributed by atoms with Gasteiger partial charge in [-0.25, -0.2) is 4.98 Å². The maximum absolute atomic E-state index is 10.8. The summed E-state index contributed by atoms with van der Waals surface area (Å²) in [5.41, 5.74) is 1.29. The van der Waals surface area contributed by atoms with E-state index in [2.05, 4.69) is 9.97 Å². The Hall–Kier alpha value is -2.19. The van der Waals surface area contributed by atoms with Crippen molar-refractivity contribution in [1.82, 2.24) is 9.97 Å². The van der Waals surface area contributed by atoms with Gasteiger partial charge in [0.15, 0.2) is 0 Å². The molecule has 1 aliphatic rings. The minimum absolute atomic E-state index is 0.0217. The standard InChI is InChI=1S/C12H14N4O4/c17-6-9-7-20-4-3-15(9)12-13-10-2-1-8(16(18)19)5-11(10)14-12/h1-2,5,9,17H,3-4,6-7H2,(H,13,14). The molecule has 1 aliphatic heterocycles. The molecule has 1 unspecified atom stereocenters. The van der Waals surface area contributed by atoms with Crippen LogP contribution in [0.2, 0.25) is 0 Å². The van der Waals surface area contributed by atoms with Crippen LogP contribution < -0.4 is 4.90 Å². The van der Waals surface area contributed by atoms with Gasteiger partial charge >= 0.3 is 0 Å². The molecule has 0 saturated carbocycles. The molecule has 2 N–H and O–H groups in total. The fraction of sp³-hybridized carbons (Fsp3) is 0.417. The van der Waals surface area contributed by atoms with E-state index in [4.69, 9.17) is 4.74 Å². The lowest BCUT2D eigenvalue weighted by molar-refractivity contribution is -0.384. The molecule has 0 spiro atoms. The molecular formula is C12H14N4O4. The number of nitrogens with zero attached hydrogens (tertiary/aromatic N) is 3. The summed E-state index contributed by atoms with van der Waals surface area (Å²) in [6.07, 6.45) is 0. The van der Waals surface area contributed by atoms with E-state index in [0.717, 1.165) is 0 Å². The molecule has 0 amide bonds. The first-order valence-electron chi connectivity index (χ1n) is 6.28. The average molecular weight is 278 g/mol. The fourth-order valence-corrected chi connectivity index (χ4v) is 2.32. The molecule has 0 aliphatic carbocycles. The molecule has 106 valence electrons. The van der Waals surface area contributed by atoms with Crippen molar-refractivity contribution in [3.63, 3.8) is 0 Å². The van der Waals surface area contributed by atoms with Gasteiger partial charge in [-0.3, -0.25) is 10.1 Å². The molecule has 8 nitrogen and oxygen atoms in total. The van der Waals surface area contributed by atoms with Crippen LogP contribution in [0.5, 0.6) is 0 Å². The number of ether oxygens (including phenoxy) is 1. The number of H-pyrrole nitrogens is 1. The number of imidazole rings is 1. The largest absolute Gasteiger partial charge is 0.394 e. The Morgan fingerprint density at radius 2 is 2.45 bits per heavy atom. The Kier molecular flexibility index (Phi) is 3.25. The third kappa shape index (κ3) is 2.19. The zero-order chi connectivity index (χ0) is 14.1. The number of nitrogens with one attached hydrogen (secondary N) is 1. The number of morpholine rings is 1. The molecule has 1 atom stereocenters. The van der Waals surface area contributed by atoms with Crippen LogP contribution in [0.4, 0.5) is 11.6 Å². The van der Waals surface area contributed by atoms with Crippen LogP contribution in [0, 0.1) is 10.1 Å². The summed E-state index contributed by atoms with van der Waals surface area (Å²) in [5, 5.41) is 20.1. The number of benzene rings is 1. The zero-order valence-electron chi connectivity index (χ0n) is 10.7. The number of nitro benzene ring substituents is 1. The highest BCUT2D eigenvalue weighted by atomic mass is 16.6. The number of fused-ring (bicyclic) bond motifs is 1. The topological polar surface area (TPSA) is 105 Å². The second kappa shape index (κ2) is 5.06. The third-order valence-corrected chi connectivity index (χ3v) is 3.37. The number of rotatable bonds is 3. The van der Waals surface area contributed by atoms with Crippen molar-refractivity contribution in [3.8, 4) is 0 Å². The number of nitro groups is 1. The van der Waals surface area contributed by atoms with E-state index in [1.54, 1.807) is 6.07 Å². The van der Waals surface area contributed by atoms with Crippen molar-refractivity contribution < 1.29 is 14.8 Å². The number of aromatic amines is 1. The van der Waals surface area contributed by atoms with E-state index in [1.165, 1.54) is 12.1 Å². The second-order valence-electron chi connectivity index (χ2n) is 4.62. The first-order valence-corrected chi connectivity index (χ1v) is 6.28. The van der Waals surface area contributed by atoms with Crippen molar-refractivity contribution in [3.05, 3.63) is 28.3 Å². The number of non-ortho nitro benzene ring substituents is 1. The summed E-state index contributed by atoms with van der Waals surface area (Å²) in [7, 11) is 0. The predicted octanol–water partition coefficient (Wildman–Crippen LogP) is 0.669. The van der Waals surface area contributed by atoms with Gasteiger partial charge in [0.25, 0.3) is 5.69 Å². The highest BCUT2D eigenvalue weighted by molar-refractivity contribution is 5.80. The summed E-state index contributed by atoms with van der Waals surface area (Å²) < 4.78 is 5.32. The van der Waals surface area contributed by atoms with Crippen LogP contribution in [0.3, 0.4) is 0 Å². The molecule has 1 saturated heterocycles. The summed E-state index contributed by atoms with van der Waals surface area (Å²) in [6.45, 7) is 1.59. The number of anilines is 1. The van der Waals surface area contributed by atoms with Crippen LogP contribution in [-0.4, -0.2) is 52.4 Å². The summed E-state index contributed by atoms with van der Waals surface area (Å²) in [4.78, 5) is 19.7. The fourth-order valence-electron chi connectivity index (χ4n) is 2.32. The Morgan fingerprint density at radius 1 is 1.60 bits per heavy atom. The molecule has 20 heavy (non-hydrogen) atoms. The van der Waals surface area contributed by atoms with Crippen molar-refractivity contribution in [2.75, 3.05) is 31.3 Å². The number of aliphatic hydroxyl groups excluding tert-OH is 1. The first kappa shape index (κ1) is 12.8. The molecule has 2 heterocycles. The smallest absolute Gasteiger partial charge is 0.271 e. The summed E-state index contributed by atoms with van der Waals surface area (Å²) in [5.74, 6) is 0.600. The van der Waals surface area contributed by atoms with Gasteiger partial charge in [-0.05, 0) is 6.07 Å². The Labute approximate surface area is 114 Å². The van der Waals surface area contributed by atoms with Crippen LogP contribution >= 0.6 is 0 Å². The van der Waals surface area contributed by atoms with Gasteiger partial charge in [0.1, 0.15) is 0 Å². The van der Waals surface area contributed by atoms with Crippen molar-refractivity contribution in [2.45, 2.75) is 6.04 Å². The molecule has 8 heteroatoms. The van der Waals surface area contributed by atoms with Gasteiger partial charge in [-0.1, -0.05) is 0 Å². The van der Waals surface area contributed by atoms with E-state index < -0.39 is 4.92 Å². The van der Waals surface area contributed by atoms with E-state index in [0.29, 0.717) is 36.7 Å². The van der Waals surface area contributed by atoms with Crippen molar-refractivity contribution >= 4 is 22.7 Å². The minimum Gasteiger partial charge on any atom is -0.394 e. The van der Waals surface area contributed by atoms with Gasteiger partial charge in [-0.15, -0.1) is 0 Å². The molecule has 1 aromatic carbocycles. The van der Waals surface area contributed by atoms with E-state index in [1.807, 2.05) is 4.90 Å². The van der Waals surface area contributed by atoms with E-state index in [-0.39, 0.29) is 18.3 Å². The normalized spacial score (nSPS) is 19.4. The monoisotopic (exact) mass is 278 g/mol. The summed E-state index contributed by atoms with van der Waals surface area (Å²) in [6, 6.07) is 4.34. The predicted molar refractivity (Wildman–Crippen MR) is 71.8 cm³/mol. The van der Waals surface area contributed by atoms with E-state index >= 15 is 0 Å². The van der Waals surface area contributed by atoms with Crippen LogP contribution in [0.15, 0.2) is 18.2 Å². The lowest BCUT2D eigenvalue weighted by Crippen LogP contribution is -2.48. The number of hydrogen-bond acceptors (Lipinski definition) is 6. The first-order chi connectivity index (χ1) is 9.69. The maximum Gasteiger partial charge on any atom is 0.271 e. The molecule has 2 aromatic rings. The lowest BCUT2D eigenvalue weighted by atomic mass is 10.2. The van der Waals surface area contributed by atoms with Crippen LogP contribution in [0.25, 0.3) is 11.0 Å². The minimum atomic E-state index is -0.439. The molecule has 1 fully saturated rings. The van der Waals surface area contributed by atoms with E-state index in [9.17, 15) is 15.2 Å². The highest BCUT2D eigenvalue weighted by Crippen LogP contribution is 2.24. The molecule has 0 radical (unpaired) electrons. The van der Waals surface area contributed by atoms with Gasteiger partial charge in [0.2, 0.25) is 5.95 Å². The van der Waals surface area contributed by atoms with Gasteiger partial charge in [0, 0.05) is 18.7 Å². The van der Waals surface area contributed by atoms with Crippen LogP contribution in [-0.2, 0) is 4.74 Å². The third-order valence-electron chi connectivity index (χ3n) is 3.37. The zero-order valence-corrected chi connectivity index (χ0v) is 10.7. The van der Waals surface area contributed by atoms with Gasteiger partial charge in [0.05, 0.1) is 41.8 Å².